The molecule has 0 aliphatic carbocycles. The van der Waals surface area contributed by atoms with Crippen molar-refractivity contribution in [2.75, 3.05) is 5.32 Å². The quantitative estimate of drug-likeness (QED) is 0.283. The molecular formula is C21H18N4O2S3. The molecule has 4 aromatic rings. The molecule has 0 spiro atoms. The molecule has 6 nitrogen and oxygen atoms in total. The van der Waals surface area contributed by atoms with Gasteiger partial charge in [0.2, 0.25) is 5.13 Å². The van der Waals surface area contributed by atoms with Gasteiger partial charge in [0.05, 0.1) is 10.7 Å². The summed E-state index contributed by atoms with van der Waals surface area (Å²) in [6, 6.07) is 17.2. The number of nitrogens with one attached hydrogen (secondary N) is 1. The molecule has 0 fully saturated rings. The van der Waals surface area contributed by atoms with Gasteiger partial charge in [-0.3, -0.25) is 10.1 Å². The average Bonchev–Trinajstić information content (AvgIpc) is 3.40. The van der Waals surface area contributed by atoms with Gasteiger partial charge in [-0.1, -0.05) is 59.5 Å². The number of amides is 1. The van der Waals surface area contributed by atoms with Gasteiger partial charge in [0.1, 0.15) is 12.4 Å². The third-order valence-corrected chi connectivity index (χ3v) is 6.85. The monoisotopic (exact) mass is 454 g/mol. The normalized spacial score (nSPS) is 10.7. The summed E-state index contributed by atoms with van der Waals surface area (Å²) in [5, 5.41) is 14.5. The SMILES string of the molecule is Cc1nc(COc2cccc(C(=O)Nc3nnc(SCc4ccccc4)s3)c2)cs1. The van der Waals surface area contributed by atoms with Crippen molar-refractivity contribution >= 4 is 45.5 Å². The Labute approximate surface area is 186 Å². The average molecular weight is 455 g/mol. The number of benzene rings is 2. The Morgan fingerprint density at radius 3 is 2.80 bits per heavy atom. The minimum atomic E-state index is -0.249. The van der Waals surface area contributed by atoms with Crippen LogP contribution in [0.15, 0.2) is 64.3 Å². The predicted octanol–water partition coefficient (Wildman–Crippen LogP) is 5.43. The third kappa shape index (κ3) is 5.65. The number of thioether (sulfide) groups is 1. The molecule has 2 aromatic heterocycles. The van der Waals surface area contributed by atoms with Gasteiger partial charge < -0.3 is 4.74 Å². The maximum atomic E-state index is 12.6. The van der Waals surface area contributed by atoms with Crippen LogP contribution >= 0.6 is 34.4 Å². The van der Waals surface area contributed by atoms with Crippen LogP contribution in [-0.2, 0) is 12.4 Å². The second-order valence-electron chi connectivity index (χ2n) is 6.28. The van der Waals surface area contributed by atoms with Crippen LogP contribution in [0.2, 0.25) is 0 Å². The van der Waals surface area contributed by atoms with E-state index in [0.717, 1.165) is 20.8 Å². The van der Waals surface area contributed by atoms with Crippen LogP contribution in [0.4, 0.5) is 5.13 Å². The summed E-state index contributed by atoms with van der Waals surface area (Å²) in [7, 11) is 0. The van der Waals surface area contributed by atoms with Crippen LogP contribution in [0.1, 0.15) is 26.6 Å². The zero-order chi connectivity index (χ0) is 20.8. The van der Waals surface area contributed by atoms with Crippen LogP contribution in [0.5, 0.6) is 5.75 Å². The van der Waals surface area contributed by atoms with Crippen LogP contribution in [0.25, 0.3) is 0 Å². The molecule has 4 rings (SSSR count). The standard InChI is InChI=1S/C21H18N4O2S3/c1-14-22-17(13-28-14)11-27-18-9-5-8-16(10-18)19(26)23-20-24-25-21(30-20)29-12-15-6-3-2-4-7-15/h2-10,13H,11-12H2,1H3,(H,23,24,26). The maximum absolute atomic E-state index is 12.6. The van der Waals surface area contributed by atoms with Crippen molar-refractivity contribution in [3.8, 4) is 5.75 Å². The van der Waals surface area contributed by atoms with E-state index in [1.54, 1.807) is 41.3 Å². The van der Waals surface area contributed by atoms with Crippen LogP contribution < -0.4 is 10.1 Å². The lowest BCUT2D eigenvalue weighted by atomic mass is 10.2. The first-order valence-corrected chi connectivity index (χ1v) is 11.8. The Hall–Kier alpha value is -2.75. The highest BCUT2D eigenvalue weighted by Crippen LogP contribution is 2.28. The molecule has 0 atom stereocenters. The Kier molecular flexibility index (Phi) is 6.73. The molecule has 1 amide bonds. The first kappa shape index (κ1) is 20.5. The number of thiazole rings is 1. The van der Waals surface area contributed by atoms with Gasteiger partial charge in [-0.2, -0.15) is 0 Å². The molecule has 1 N–H and O–H groups in total. The Bertz CT molecular complexity index is 1130. The van der Waals surface area contributed by atoms with Crippen LogP contribution in [-0.4, -0.2) is 21.1 Å². The summed E-state index contributed by atoms with van der Waals surface area (Å²) < 4.78 is 6.57. The summed E-state index contributed by atoms with van der Waals surface area (Å²) in [4.78, 5) is 17.0. The number of carbonyl (C=O) groups excluding carboxylic acids is 1. The molecule has 0 aliphatic rings. The number of ether oxygens (including phenoxy) is 1. The third-order valence-electron chi connectivity index (χ3n) is 3.98. The fourth-order valence-corrected chi connectivity index (χ4v) is 4.87. The summed E-state index contributed by atoms with van der Waals surface area (Å²) in [5.41, 5.74) is 2.59. The number of anilines is 1. The molecule has 0 saturated heterocycles. The van der Waals surface area contributed by atoms with E-state index in [4.69, 9.17) is 4.74 Å². The summed E-state index contributed by atoms with van der Waals surface area (Å²) in [5.74, 6) is 1.17. The number of aromatic nitrogens is 3. The summed E-state index contributed by atoms with van der Waals surface area (Å²) >= 11 is 4.54. The molecule has 0 radical (unpaired) electrons. The fourth-order valence-electron chi connectivity index (χ4n) is 2.57. The van der Waals surface area contributed by atoms with E-state index in [1.807, 2.05) is 36.6 Å². The minimum Gasteiger partial charge on any atom is -0.487 e. The molecule has 9 heteroatoms. The topological polar surface area (TPSA) is 77.0 Å². The van der Waals surface area contributed by atoms with Gasteiger partial charge in [-0.25, -0.2) is 4.98 Å². The van der Waals surface area contributed by atoms with Gasteiger partial charge in [-0.15, -0.1) is 21.5 Å². The second kappa shape index (κ2) is 9.84. The number of rotatable bonds is 8. The van der Waals surface area contributed by atoms with Gasteiger partial charge >= 0.3 is 0 Å². The lowest BCUT2D eigenvalue weighted by Gasteiger charge is -2.06. The molecule has 0 saturated carbocycles. The number of nitrogens with zero attached hydrogens (tertiary/aromatic N) is 3. The molecule has 0 unspecified atom stereocenters. The van der Waals surface area contributed by atoms with Crippen LogP contribution in [0.3, 0.4) is 0 Å². The van der Waals surface area contributed by atoms with Crippen molar-refractivity contribution in [2.45, 2.75) is 23.6 Å². The van der Waals surface area contributed by atoms with E-state index < -0.39 is 0 Å². The summed E-state index contributed by atoms with van der Waals surface area (Å²) in [6.07, 6.45) is 0. The van der Waals surface area contributed by atoms with Crippen molar-refractivity contribution in [3.63, 3.8) is 0 Å². The molecule has 0 aliphatic heterocycles. The van der Waals surface area contributed by atoms with E-state index in [9.17, 15) is 4.79 Å². The number of hydrogen-bond donors (Lipinski definition) is 1. The highest BCUT2D eigenvalue weighted by atomic mass is 32.2. The van der Waals surface area contributed by atoms with E-state index in [0.29, 0.717) is 23.1 Å². The largest absolute Gasteiger partial charge is 0.487 e. The first-order valence-electron chi connectivity index (χ1n) is 9.11. The highest BCUT2D eigenvalue weighted by Gasteiger charge is 2.12. The zero-order valence-electron chi connectivity index (χ0n) is 16.1. The van der Waals surface area contributed by atoms with Crippen molar-refractivity contribution in [3.05, 3.63) is 81.8 Å². The van der Waals surface area contributed by atoms with Gasteiger partial charge in [0.15, 0.2) is 4.34 Å². The maximum Gasteiger partial charge on any atom is 0.257 e. The number of carbonyl (C=O) groups is 1. The van der Waals surface area contributed by atoms with Gasteiger partial charge in [0, 0.05) is 16.7 Å². The van der Waals surface area contributed by atoms with Gasteiger partial charge in [-0.05, 0) is 30.7 Å². The minimum absolute atomic E-state index is 0.249. The van der Waals surface area contributed by atoms with E-state index in [2.05, 4.69) is 32.6 Å². The first-order chi connectivity index (χ1) is 14.7. The lowest BCUT2D eigenvalue weighted by Crippen LogP contribution is -2.11. The highest BCUT2D eigenvalue weighted by molar-refractivity contribution is 8.00. The molecule has 2 heterocycles. The Balaban J connectivity index is 1.33. The van der Waals surface area contributed by atoms with Crippen molar-refractivity contribution in [1.82, 2.24) is 15.2 Å². The van der Waals surface area contributed by atoms with Gasteiger partial charge in [0.25, 0.3) is 5.91 Å². The van der Waals surface area contributed by atoms with E-state index in [-0.39, 0.29) is 5.91 Å². The predicted molar refractivity (Wildman–Crippen MR) is 121 cm³/mol. The van der Waals surface area contributed by atoms with E-state index in [1.165, 1.54) is 16.9 Å². The Morgan fingerprint density at radius 1 is 1.13 bits per heavy atom. The summed E-state index contributed by atoms with van der Waals surface area (Å²) in [6.45, 7) is 2.33. The zero-order valence-corrected chi connectivity index (χ0v) is 18.5. The number of hydrogen-bond acceptors (Lipinski definition) is 8. The van der Waals surface area contributed by atoms with Crippen molar-refractivity contribution in [1.29, 1.82) is 0 Å². The molecule has 0 bridgehead atoms. The smallest absolute Gasteiger partial charge is 0.257 e. The van der Waals surface area contributed by atoms with Crippen LogP contribution in [0, 0.1) is 6.92 Å². The second-order valence-corrected chi connectivity index (χ2v) is 9.54. The Morgan fingerprint density at radius 2 is 2.00 bits per heavy atom. The van der Waals surface area contributed by atoms with E-state index >= 15 is 0 Å². The molecule has 152 valence electrons. The molecule has 2 aromatic carbocycles. The van der Waals surface area contributed by atoms with Crippen molar-refractivity contribution in [2.24, 2.45) is 0 Å². The fraction of sp³-hybridized carbons (Fsp3) is 0.143. The van der Waals surface area contributed by atoms with Crippen molar-refractivity contribution < 1.29 is 9.53 Å². The lowest BCUT2D eigenvalue weighted by molar-refractivity contribution is 0.102. The molecular weight excluding hydrogens is 436 g/mol. The number of aryl methyl sites for hydroxylation is 1. The molecule has 30 heavy (non-hydrogen) atoms.